The third-order valence-corrected chi connectivity index (χ3v) is 4.65. The highest BCUT2D eigenvalue weighted by Crippen LogP contribution is 2.25. The van der Waals surface area contributed by atoms with Crippen LogP contribution in [0.15, 0.2) is 60.7 Å². The van der Waals surface area contributed by atoms with E-state index in [1.54, 1.807) is 0 Å². The van der Waals surface area contributed by atoms with Gasteiger partial charge in [-0.05, 0) is 35.6 Å². The lowest BCUT2D eigenvalue weighted by molar-refractivity contribution is -0.129. The number of benzene rings is 3. The van der Waals surface area contributed by atoms with Crippen molar-refractivity contribution in [1.82, 2.24) is 10.6 Å². The molecule has 30 heavy (non-hydrogen) atoms. The van der Waals surface area contributed by atoms with Crippen LogP contribution in [0.1, 0.15) is 24.4 Å². The van der Waals surface area contributed by atoms with Crippen molar-refractivity contribution < 1.29 is 23.1 Å². The maximum Gasteiger partial charge on any atom is 0.246 e. The summed E-state index contributed by atoms with van der Waals surface area (Å²) < 4.78 is 32.5. The number of amides is 2. The van der Waals surface area contributed by atoms with E-state index in [0.717, 1.165) is 28.7 Å². The van der Waals surface area contributed by atoms with Crippen LogP contribution in [-0.4, -0.2) is 25.5 Å². The van der Waals surface area contributed by atoms with Crippen molar-refractivity contribution in [2.45, 2.75) is 18.9 Å². The molecule has 0 saturated heterocycles. The predicted molar refractivity (Wildman–Crippen MR) is 110 cm³/mol. The van der Waals surface area contributed by atoms with Crippen LogP contribution < -0.4 is 15.4 Å². The Labute approximate surface area is 173 Å². The highest BCUT2D eigenvalue weighted by molar-refractivity contribution is 5.89. The van der Waals surface area contributed by atoms with E-state index in [1.807, 2.05) is 42.5 Å². The molecule has 3 aromatic carbocycles. The summed E-state index contributed by atoms with van der Waals surface area (Å²) in [5.41, 5.74) is 0.161. The first-order valence-electron chi connectivity index (χ1n) is 9.56. The van der Waals surface area contributed by atoms with Crippen molar-refractivity contribution in [2.75, 3.05) is 13.7 Å². The molecule has 3 rings (SSSR count). The van der Waals surface area contributed by atoms with Gasteiger partial charge in [0.1, 0.15) is 11.8 Å². The molecule has 1 atom stereocenters. The van der Waals surface area contributed by atoms with Crippen molar-refractivity contribution in [3.8, 4) is 5.75 Å². The van der Waals surface area contributed by atoms with E-state index < -0.39 is 29.5 Å². The topological polar surface area (TPSA) is 67.4 Å². The lowest BCUT2D eigenvalue weighted by Crippen LogP contribution is -2.39. The molecular weight excluding hydrogens is 390 g/mol. The molecule has 0 aliphatic rings. The summed E-state index contributed by atoms with van der Waals surface area (Å²) in [6.07, 6.45) is 0.537. The zero-order valence-electron chi connectivity index (χ0n) is 16.5. The molecule has 0 bridgehead atoms. The number of carbonyl (C=O) groups is 2. The molecule has 156 valence electrons. The molecule has 2 amide bonds. The predicted octanol–water partition coefficient (Wildman–Crippen LogP) is 3.88. The lowest BCUT2D eigenvalue weighted by Gasteiger charge is -2.18. The Morgan fingerprint density at radius 2 is 1.77 bits per heavy atom. The van der Waals surface area contributed by atoms with E-state index in [2.05, 4.69) is 10.6 Å². The van der Waals surface area contributed by atoms with E-state index in [9.17, 15) is 18.4 Å². The number of hydrogen-bond acceptors (Lipinski definition) is 3. The second kappa shape index (κ2) is 9.82. The average molecular weight is 412 g/mol. The molecular formula is C23H22F2N2O3. The van der Waals surface area contributed by atoms with E-state index in [-0.39, 0.29) is 12.0 Å². The molecule has 0 fully saturated rings. The first-order chi connectivity index (χ1) is 14.5. The zero-order valence-corrected chi connectivity index (χ0v) is 16.5. The van der Waals surface area contributed by atoms with Crippen molar-refractivity contribution in [1.29, 1.82) is 0 Å². The van der Waals surface area contributed by atoms with Gasteiger partial charge in [0.15, 0.2) is 11.6 Å². The molecule has 0 heterocycles. The number of carbonyl (C=O) groups excluding carboxylic acids is 2. The molecule has 3 aromatic rings. The van der Waals surface area contributed by atoms with Crippen molar-refractivity contribution >= 4 is 22.6 Å². The summed E-state index contributed by atoms with van der Waals surface area (Å²) in [4.78, 5) is 24.4. The third-order valence-electron chi connectivity index (χ3n) is 4.65. The van der Waals surface area contributed by atoms with E-state index >= 15 is 0 Å². The highest BCUT2D eigenvalue weighted by atomic mass is 19.2. The van der Waals surface area contributed by atoms with Crippen LogP contribution in [0.4, 0.5) is 8.78 Å². The van der Waals surface area contributed by atoms with Crippen LogP contribution in [0.5, 0.6) is 5.75 Å². The van der Waals surface area contributed by atoms with Gasteiger partial charge in [-0.1, -0.05) is 42.5 Å². The van der Waals surface area contributed by atoms with Crippen LogP contribution in [0.3, 0.4) is 0 Å². The van der Waals surface area contributed by atoms with Gasteiger partial charge < -0.3 is 15.4 Å². The Hall–Kier alpha value is -3.48. The number of hydrogen-bond donors (Lipinski definition) is 2. The standard InChI is InChI=1S/C23H22F2N2O3/c1-26-23(29)22(16-11-12-18(24)19(25)14-16)27-21(28)10-5-13-30-20-9-4-7-15-6-2-3-8-17(15)20/h2-4,6-9,11-12,14,22H,5,10,13H2,1H3,(H,26,29)(H,27,28). The summed E-state index contributed by atoms with van der Waals surface area (Å²) in [6, 6.07) is 15.6. The van der Waals surface area contributed by atoms with Crippen LogP contribution >= 0.6 is 0 Å². The zero-order chi connectivity index (χ0) is 21.5. The van der Waals surface area contributed by atoms with Gasteiger partial charge >= 0.3 is 0 Å². The number of rotatable bonds is 8. The Morgan fingerprint density at radius 1 is 1.00 bits per heavy atom. The number of halogens is 2. The number of nitrogens with one attached hydrogen (secondary N) is 2. The Balaban J connectivity index is 1.56. The van der Waals surface area contributed by atoms with Crippen molar-refractivity contribution in [3.63, 3.8) is 0 Å². The smallest absolute Gasteiger partial charge is 0.246 e. The molecule has 0 radical (unpaired) electrons. The summed E-state index contributed by atoms with van der Waals surface area (Å²) in [6.45, 7) is 0.317. The molecule has 0 aromatic heterocycles. The van der Waals surface area contributed by atoms with Gasteiger partial charge in [-0.3, -0.25) is 9.59 Å². The minimum absolute atomic E-state index is 0.113. The van der Waals surface area contributed by atoms with Crippen LogP contribution in [-0.2, 0) is 9.59 Å². The number of ether oxygens (including phenoxy) is 1. The second-order valence-corrected chi connectivity index (χ2v) is 6.72. The quantitative estimate of drug-likeness (QED) is 0.552. The average Bonchev–Trinajstić information content (AvgIpc) is 2.76. The van der Waals surface area contributed by atoms with Crippen LogP contribution in [0.25, 0.3) is 10.8 Å². The summed E-state index contributed by atoms with van der Waals surface area (Å²) in [5.74, 6) is -2.29. The Morgan fingerprint density at radius 3 is 2.53 bits per heavy atom. The molecule has 7 heteroatoms. The fraction of sp³-hybridized carbons (Fsp3) is 0.217. The van der Waals surface area contributed by atoms with E-state index in [0.29, 0.717) is 13.0 Å². The molecule has 1 unspecified atom stereocenters. The molecule has 0 saturated carbocycles. The van der Waals surface area contributed by atoms with Gasteiger partial charge in [-0.15, -0.1) is 0 Å². The van der Waals surface area contributed by atoms with Gasteiger partial charge in [0, 0.05) is 18.9 Å². The summed E-state index contributed by atoms with van der Waals surface area (Å²) in [7, 11) is 1.40. The summed E-state index contributed by atoms with van der Waals surface area (Å²) >= 11 is 0. The van der Waals surface area contributed by atoms with Gasteiger partial charge in [0.05, 0.1) is 6.61 Å². The van der Waals surface area contributed by atoms with E-state index in [4.69, 9.17) is 4.74 Å². The normalized spacial score (nSPS) is 11.7. The highest BCUT2D eigenvalue weighted by Gasteiger charge is 2.22. The Kier molecular flexibility index (Phi) is 6.95. The van der Waals surface area contributed by atoms with Crippen molar-refractivity contribution in [2.24, 2.45) is 0 Å². The molecule has 0 spiro atoms. The van der Waals surface area contributed by atoms with Crippen molar-refractivity contribution in [3.05, 3.63) is 77.9 Å². The maximum atomic E-state index is 13.5. The van der Waals surface area contributed by atoms with E-state index in [1.165, 1.54) is 13.1 Å². The largest absolute Gasteiger partial charge is 0.493 e. The second-order valence-electron chi connectivity index (χ2n) is 6.72. The van der Waals surface area contributed by atoms with Crippen LogP contribution in [0.2, 0.25) is 0 Å². The molecule has 5 nitrogen and oxygen atoms in total. The molecule has 2 N–H and O–H groups in total. The number of fused-ring (bicyclic) bond motifs is 1. The van der Waals surface area contributed by atoms with Gasteiger partial charge in [-0.2, -0.15) is 0 Å². The SMILES string of the molecule is CNC(=O)C(NC(=O)CCCOc1cccc2ccccc12)c1ccc(F)c(F)c1. The monoisotopic (exact) mass is 412 g/mol. The first kappa shape index (κ1) is 21.2. The summed E-state index contributed by atoms with van der Waals surface area (Å²) in [5, 5.41) is 7.03. The van der Waals surface area contributed by atoms with Gasteiger partial charge in [0.2, 0.25) is 11.8 Å². The first-order valence-corrected chi connectivity index (χ1v) is 9.56. The minimum Gasteiger partial charge on any atom is -0.493 e. The Bertz CT molecular complexity index is 1050. The third kappa shape index (κ3) is 5.11. The fourth-order valence-electron chi connectivity index (χ4n) is 3.11. The fourth-order valence-corrected chi connectivity index (χ4v) is 3.11. The maximum absolute atomic E-state index is 13.5. The van der Waals surface area contributed by atoms with Gasteiger partial charge in [-0.25, -0.2) is 8.78 Å². The lowest BCUT2D eigenvalue weighted by atomic mass is 10.1. The molecule has 0 aliphatic heterocycles. The van der Waals surface area contributed by atoms with Gasteiger partial charge in [0.25, 0.3) is 0 Å². The minimum atomic E-state index is -1.11. The number of likely N-dealkylation sites (N-methyl/N-ethyl adjacent to an activating group) is 1. The van der Waals surface area contributed by atoms with Crippen LogP contribution in [0, 0.1) is 11.6 Å². The molecule has 0 aliphatic carbocycles.